The third-order valence-corrected chi connectivity index (χ3v) is 7.50. The number of carbonyl (C=O) groups is 1. The Hall–Kier alpha value is -2.35. The summed E-state index contributed by atoms with van der Waals surface area (Å²) in [5.41, 5.74) is 2.33. The first kappa shape index (κ1) is 17.1. The Kier molecular flexibility index (Phi) is 4.22. The number of aryl methyl sites for hydroxylation is 1. The standard InChI is InChI=1S/C18H22N4O3S/c1-20-13-19-11-17(20)18(23)21-9-4-6-15(12-21)26(24,25)22-10-8-14-5-2-3-7-16(14)22/h2-3,5,7,11,13,15H,4,6,8-10,12H2,1H3. The number of para-hydroxylation sites is 1. The number of carbonyl (C=O) groups excluding carboxylic acids is 1. The van der Waals surface area contributed by atoms with Gasteiger partial charge in [0, 0.05) is 26.7 Å². The van der Waals surface area contributed by atoms with Crippen LogP contribution in [0.2, 0.25) is 0 Å². The van der Waals surface area contributed by atoms with Gasteiger partial charge < -0.3 is 9.47 Å². The van der Waals surface area contributed by atoms with Crippen LogP contribution in [0.4, 0.5) is 5.69 Å². The van der Waals surface area contributed by atoms with E-state index in [9.17, 15) is 13.2 Å². The minimum atomic E-state index is -3.50. The van der Waals surface area contributed by atoms with Gasteiger partial charge in [-0.25, -0.2) is 13.4 Å². The van der Waals surface area contributed by atoms with Gasteiger partial charge in [0.2, 0.25) is 10.0 Å². The van der Waals surface area contributed by atoms with Gasteiger partial charge in [0.25, 0.3) is 5.91 Å². The second-order valence-corrected chi connectivity index (χ2v) is 9.04. The largest absolute Gasteiger partial charge is 0.336 e. The van der Waals surface area contributed by atoms with Crippen molar-refractivity contribution in [2.75, 3.05) is 23.9 Å². The molecule has 1 unspecified atom stereocenters. The van der Waals surface area contributed by atoms with Gasteiger partial charge in [0.1, 0.15) is 5.69 Å². The molecule has 4 rings (SSSR count). The lowest BCUT2D eigenvalue weighted by Gasteiger charge is -2.35. The number of fused-ring (bicyclic) bond motifs is 1. The summed E-state index contributed by atoms with van der Waals surface area (Å²) in [7, 11) is -1.74. The van der Waals surface area contributed by atoms with Gasteiger partial charge in [0.15, 0.2) is 0 Å². The first-order valence-corrected chi connectivity index (χ1v) is 10.3. The van der Waals surface area contributed by atoms with Gasteiger partial charge in [-0.1, -0.05) is 18.2 Å². The lowest BCUT2D eigenvalue weighted by atomic mass is 10.1. The maximum Gasteiger partial charge on any atom is 0.272 e. The highest BCUT2D eigenvalue weighted by Crippen LogP contribution is 2.33. The van der Waals surface area contributed by atoms with E-state index in [0.717, 1.165) is 17.7 Å². The molecule has 0 saturated carbocycles. The molecule has 1 aromatic carbocycles. The molecule has 2 aliphatic rings. The summed E-state index contributed by atoms with van der Waals surface area (Å²) in [6, 6.07) is 7.64. The highest BCUT2D eigenvalue weighted by atomic mass is 32.2. The minimum Gasteiger partial charge on any atom is -0.336 e. The van der Waals surface area contributed by atoms with E-state index in [1.165, 1.54) is 10.5 Å². The number of rotatable bonds is 3. The van der Waals surface area contributed by atoms with E-state index in [0.29, 0.717) is 31.6 Å². The molecule has 0 radical (unpaired) electrons. The third kappa shape index (κ3) is 2.78. The second-order valence-electron chi connectivity index (χ2n) is 6.90. The maximum absolute atomic E-state index is 13.2. The lowest BCUT2D eigenvalue weighted by Crippen LogP contribution is -2.49. The topological polar surface area (TPSA) is 75.5 Å². The van der Waals surface area contributed by atoms with Crippen molar-refractivity contribution in [1.29, 1.82) is 0 Å². The molecule has 8 heteroatoms. The first-order valence-electron chi connectivity index (χ1n) is 8.83. The van der Waals surface area contributed by atoms with Crippen LogP contribution in [0.5, 0.6) is 0 Å². The number of piperidine rings is 1. The number of amides is 1. The van der Waals surface area contributed by atoms with Crippen LogP contribution in [0, 0.1) is 0 Å². The Morgan fingerprint density at radius 2 is 2.04 bits per heavy atom. The molecule has 1 fully saturated rings. The van der Waals surface area contributed by atoms with Crippen molar-refractivity contribution in [3.8, 4) is 0 Å². The molecule has 1 atom stereocenters. The molecule has 1 saturated heterocycles. The Bertz CT molecular complexity index is 937. The van der Waals surface area contributed by atoms with Crippen molar-refractivity contribution in [3.63, 3.8) is 0 Å². The van der Waals surface area contributed by atoms with Crippen LogP contribution < -0.4 is 4.31 Å². The zero-order valence-electron chi connectivity index (χ0n) is 14.7. The number of hydrogen-bond donors (Lipinski definition) is 0. The van der Waals surface area contributed by atoms with Crippen LogP contribution in [0.1, 0.15) is 28.9 Å². The summed E-state index contributed by atoms with van der Waals surface area (Å²) in [4.78, 5) is 18.4. The Labute approximate surface area is 153 Å². The van der Waals surface area contributed by atoms with E-state index in [-0.39, 0.29) is 12.5 Å². The predicted octanol–water partition coefficient (Wildman–Crippen LogP) is 1.42. The van der Waals surface area contributed by atoms with E-state index >= 15 is 0 Å². The Balaban J connectivity index is 1.56. The average Bonchev–Trinajstić information content (AvgIpc) is 3.27. The molecule has 3 heterocycles. The first-order chi connectivity index (χ1) is 12.5. The quantitative estimate of drug-likeness (QED) is 0.814. The van der Waals surface area contributed by atoms with E-state index in [1.54, 1.807) is 22.8 Å². The number of anilines is 1. The zero-order valence-corrected chi connectivity index (χ0v) is 15.5. The van der Waals surface area contributed by atoms with Crippen molar-refractivity contribution < 1.29 is 13.2 Å². The van der Waals surface area contributed by atoms with E-state index in [4.69, 9.17) is 0 Å². The molecular formula is C18H22N4O3S. The van der Waals surface area contributed by atoms with E-state index < -0.39 is 15.3 Å². The molecule has 138 valence electrons. The van der Waals surface area contributed by atoms with E-state index in [2.05, 4.69) is 4.98 Å². The van der Waals surface area contributed by atoms with Crippen LogP contribution >= 0.6 is 0 Å². The van der Waals surface area contributed by atoms with Crippen molar-refractivity contribution in [2.45, 2.75) is 24.5 Å². The molecule has 1 aromatic heterocycles. The SMILES string of the molecule is Cn1cncc1C(=O)N1CCCC(S(=O)(=O)N2CCc3ccccc32)C1. The zero-order chi connectivity index (χ0) is 18.3. The van der Waals surface area contributed by atoms with E-state index in [1.807, 2.05) is 24.3 Å². The van der Waals surface area contributed by atoms with Gasteiger partial charge in [-0.3, -0.25) is 9.10 Å². The summed E-state index contributed by atoms with van der Waals surface area (Å²) in [6.07, 6.45) is 5.10. The molecular weight excluding hydrogens is 352 g/mol. The monoisotopic (exact) mass is 374 g/mol. The van der Waals surface area contributed by atoms with Crippen LogP contribution in [0.3, 0.4) is 0 Å². The lowest BCUT2D eigenvalue weighted by molar-refractivity contribution is 0.0717. The molecule has 0 bridgehead atoms. The number of likely N-dealkylation sites (tertiary alicyclic amines) is 1. The minimum absolute atomic E-state index is 0.160. The van der Waals surface area contributed by atoms with Crippen LogP contribution in [-0.4, -0.2) is 53.7 Å². The molecule has 2 aliphatic heterocycles. The predicted molar refractivity (Wildman–Crippen MR) is 98.5 cm³/mol. The number of hydrogen-bond acceptors (Lipinski definition) is 4. The van der Waals surface area contributed by atoms with Crippen LogP contribution in [0.25, 0.3) is 0 Å². The fourth-order valence-electron chi connectivity index (χ4n) is 3.84. The van der Waals surface area contributed by atoms with Crippen LogP contribution in [-0.2, 0) is 23.5 Å². The normalized spacial score (nSPS) is 20.3. The fourth-order valence-corrected chi connectivity index (χ4v) is 5.83. The molecule has 2 aromatic rings. The van der Waals surface area contributed by atoms with Crippen molar-refractivity contribution >= 4 is 21.6 Å². The number of nitrogens with zero attached hydrogens (tertiary/aromatic N) is 4. The van der Waals surface area contributed by atoms with Crippen molar-refractivity contribution in [1.82, 2.24) is 14.5 Å². The van der Waals surface area contributed by atoms with Crippen LogP contribution in [0.15, 0.2) is 36.8 Å². The van der Waals surface area contributed by atoms with Crippen molar-refractivity contribution in [3.05, 3.63) is 48.0 Å². The highest BCUT2D eigenvalue weighted by Gasteiger charge is 2.39. The molecule has 26 heavy (non-hydrogen) atoms. The number of benzene rings is 1. The van der Waals surface area contributed by atoms with Crippen molar-refractivity contribution in [2.24, 2.45) is 7.05 Å². The third-order valence-electron chi connectivity index (χ3n) is 5.27. The molecule has 0 spiro atoms. The molecule has 0 N–H and O–H groups in total. The van der Waals surface area contributed by atoms with Gasteiger partial charge >= 0.3 is 0 Å². The highest BCUT2D eigenvalue weighted by molar-refractivity contribution is 7.93. The van der Waals surface area contributed by atoms with Gasteiger partial charge in [-0.2, -0.15) is 0 Å². The van der Waals surface area contributed by atoms with Gasteiger partial charge in [0.05, 0.1) is 23.5 Å². The average molecular weight is 374 g/mol. The molecule has 1 amide bonds. The smallest absolute Gasteiger partial charge is 0.272 e. The second kappa shape index (κ2) is 6.42. The summed E-state index contributed by atoms with van der Waals surface area (Å²) >= 11 is 0. The molecule has 7 nitrogen and oxygen atoms in total. The fraction of sp³-hybridized carbons (Fsp3) is 0.444. The maximum atomic E-state index is 13.2. The summed E-state index contributed by atoms with van der Waals surface area (Å²) < 4.78 is 29.7. The summed E-state index contributed by atoms with van der Waals surface area (Å²) in [6.45, 7) is 1.28. The number of aromatic nitrogens is 2. The number of sulfonamides is 1. The Morgan fingerprint density at radius 1 is 1.23 bits per heavy atom. The van der Waals surface area contributed by atoms with Gasteiger partial charge in [-0.15, -0.1) is 0 Å². The Morgan fingerprint density at radius 3 is 2.81 bits per heavy atom. The number of imidazole rings is 1. The van der Waals surface area contributed by atoms with Gasteiger partial charge in [-0.05, 0) is 30.9 Å². The summed E-state index contributed by atoms with van der Waals surface area (Å²) in [5.74, 6) is -0.160. The summed E-state index contributed by atoms with van der Waals surface area (Å²) in [5, 5.41) is -0.570. The molecule has 0 aliphatic carbocycles.